The number of imidazole rings is 1. The van der Waals surface area contributed by atoms with Gasteiger partial charge in [-0.2, -0.15) is 0 Å². The number of nitrogens with one attached hydrogen (secondary N) is 2. The minimum atomic E-state index is 0.140. The molecule has 1 aromatic heterocycles. The third-order valence-corrected chi connectivity index (χ3v) is 2.31. The Morgan fingerprint density at radius 3 is 2.94 bits per heavy atom. The van der Waals surface area contributed by atoms with Crippen molar-refractivity contribution in [3.63, 3.8) is 0 Å². The lowest BCUT2D eigenvalue weighted by Crippen LogP contribution is -2.25. The van der Waals surface area contributed by atoms with Crippen molar-refractivity contribution < 1.29 is 4.79 Å². The van der Waals surface area contributed by atoms with Crippen LogP contribution in [-0.4, -0.2) is 35.6 Å². The normalized spacial score (nSPS) is 10.3. The van der Waals surface area contributed by atoms with E-state index in [1.807, 2.05) is 17.8 Å². The van der Waals surface area contributed by atoms with Gasteiger partial charge in [0.25, 0.3) is 0 Å². The first-order valence-corrected chi connectivity index (χ1v) is 5.70. The van der Waals surface area contributed by atoms with Crippen molar-refractivity contribution in [3.8, 4) is 0 Å². The third kappa shape index (κ3) is 5.50. The van der Waals surface area contributed by atoms with Crippen LogP contribution in [0.3, 0.4) is 0 Å². The zero-order valence-electron chi connectivity index (χ0n) is 9.78. The number of carbonyl (C=O) groups excluding carboxylic acids is 1. The van der Waals surface area contributed by atoms with E-state index in [0.29, 0.717) is 6.42 Å². The van der Waals surface area contributed by atoms with Gasteiger partial charge in [0.15, 0.2) is 0 Å². The molecule has 0 saturated heterocycles. The van der Waals surface area contributed by atoms with E-state index >= 15 is 0 Å². The molecule has 0 aliphatic carbocycles. The average Bonchev–Trinajstić information content (AvgIpc) is 2.78. The van der Waals surface area contributed by atoms with Gasteiger partial charge in [-0.15, -0.1) is 0 Å². The molecule has 1 amide bonds. The molecule has 90 valence electrons. The van der Waals surface area contributed by atoms with E-state index in [1.54, 1.807) is 12.5 Å². The molecular weight excluding hydrogens is 204 g/mol. The van der Waals surface area contributed by atoms with E-state index in [4.69, 9.17) is 0 Å². The van der Waals surface area contributed by atoms with Gasteiger partial charge < -0.3 is 15.2 Å². The van der Waals surface area contributed by atoms with Gasteiger partial charge in [0, 0.05) is 31.9 Å². The largest absolute Gasteiger partial charge is 0.356 e. The number of carbonyl (C=O) groups is 1. The Morgan fingerprint density at radius 1 is 1.38 bits per heavy atom. The molecule has 0 fully saturated rings. The van der Waals surface area contributed by atoms with Gasteiger partial charge in [-0.1, -0.05) is 0 Å². The first kappa shape index (κ1) is 12.7. The highest BCUT2D eigenvalue weighted by molar-refractivity contribution is 5.75. The lowest BCUT2D eigenvalue weighted by Gasteiger charge is -2.05. The van der Waals surface area contributed by atoms with Crippen LogP contribution in [-0.2, 0) is 11.3 Å². The quantitative estimate of drug-likeness (QED) is 0.628. The molecule has 1 rings (SSSR count). The van der Waals surface area contributed by atoms with Crippen molar-refractivity contribution in [2.45, 2.75) is 25.8 Å². The zero-order valence-corrected chi connectivity index (χ0v) is 9.78. The minimum absolute atomic E-state index is 0.140. The van der Waals surface area contributed by atoms with Crippen LogP contribution in [0.5, 0.6) is 0 Å². The van der Waals surface area contributed by atoms with Crippen LogP contribution >= 0.6 is 0 Å². The maximum atomic E-state index is 11.3. The minimum Gasteiger partial charge on any atom is -0.356 e. The summed E-state index contributed by atoms with van der Waals surface area (Å²) >= 11 is 0. The topological polar surface area (TPSA) is 59.0 Å². The maximum Gasteiger partial charge on any atom is 0.220 e. The SMILES string of the molecule is CNCCCC(=O)NCCCn1ccnc1. The van der Waals surface area contributed by atoms with Gasteiger partial charge in [-0.25, -0.2) is 4.98 Å². The van der Waals surface area contributed by atoms with Crippen LogP contribution in [0.2, 0.25) is 0 Å². The highest BCUT2D eigenvalue weighted by Crippen LogP contribution is 1.90. The monoisotopic (exact) mass is 224 g/mol. The van der Waals surface area contributed by atoms with E-state index in [-0.39, 0.29) is 5.91 Å². The van der Waals surface area contributed by atoms with E-state index in [1.165, 1.54) is 0 Å². The second-order valence-electron chi connectivity index (χ2n) is 3.71. The van der Waals surface area contributed by atoms with Crippen LogP contribution < -0.4 is 10.6 Å². The lowest BCUT2D eigenvalue weighted by molar-refractivity contribution is -0.121. The molecule has 1 aromatic rings. The van der Waals surface area contributed by atoms with Gasteiger partial charge in [-0.05, 0) is 26.4 Å². The number of amides is 1. The van der Waals surface area contributed by atoms with Crippen molar-refractivity contribution in [1.82, 2.24) is 20.2 Å². The number of hydrogen-bond donors (Lipinski definition) is 2. The second-order valence-corrected chi connectivity index (χ2v) is 3.71. The number of aromatic nitrogens is 2. The van der Waals surface area contributed by atoms with Gasteiger partial charge in [0.05, 0.1) is 6.33 Å². The average molecular weight is 224 g/mol. The lowest BCUT2D eigenvalue weighted by atomic mass is 10.3. The van der Waals surface area contributed by atoms with E-state index in [2.05, 4.69) is 15.6 Å². The van der Waals surface area contributed by atoms with Gasteiger partial charge in [0.1, 0.15) is 0 Å². The molecule has 0 unspecified atom stereocenters. The van der Waals surface area contributed by atoms with Crippen LogP contribution in [0.15, 0.2) is 18.7 Å². The van der Waals surface area contributed by atoms with Gasteiger partial charge in [-0.3, -0.25) is 4.79 Å². The summed E-state index contributed by atoms with van der Waals surface area (Å²) in [5.74, 6) is 0.140. The molecule has 16 heavy (non-hydrogen) atoms. The molecule has 0 saturated carbocycles. The number of rotatable bonds is 8. The van der Waals surface area contributed by atoms with E-state index < -0.39 is 0 Å². The van der Waals surface area contributed by atoms with E-state index in [0.717, 1.165) is 32.5 Å². The molecule has 5 nitrogen and oxygen atoms in total. The zero-order chi connectivity index (χ0) is 11.6. The Morgan fingerprint density at radius 2 is 2.25 bits per heavy atom. The molecule has 1 heterocycles. The number of hydrogen-bond acceptors (Lipinski definition) is 3. The Balaban J connectivity index is 1.96. The molecule has 0 aliphatic rings. The molecule has 0 aromatic carbocycles. The third-order valence-electron chi connectivity index (χ3n) is 2.31. The fourth-order valence-corrected chi connectivity index (χ4v) is 1.42. The molecule has 0 aliphatic heterocycles. The Bertz CT molecular complexity index is 284. The van der Waals surface area contributed by atoms with Gasteiger partial charge >= 0.3 is 0 Å². The fraction of sp³-hybridized carbons (Fsp3) is 0.636. The summed E-state index contributed by atoms with van der Waals surface area (Å²) in [4.78, 5) is 15.3. The number of nitrogens with zero attached hydrogens (tertiary/aromatic N) is 2. The summed E-state index contributed by atoms with van der Waals surface area (Å²) in [6.07, 6.45) is 7.91. The van der Waals surface area contributed by atoms with Gasteiger partial charge in [0.2, 0.25) is 5.91 Å². The molecule has 5 heteroatoms. The molecule has 2 N–H and O–H groups in total. The molecule has 0 atom stereocenters. The summed E-state index contributed by atoms with van der Waals surface area (Å²) in [5, 5.41) is 5.92. The van der Waals surface area contributed by atoms with Crippen molar-refractivity contribution in [2.24, 2.45) is 0 Å². The smallest absolute Gasteiger partial charge is 0.220 e. The van der Waals surface area contributed by atoms with Crippen molar-refractivity contribution in [2.75, 3.05) is 20.1 Å². The molecule has 0 radical (unpaired) electrons. The first-order valence-electron chi connectivity index (χ1n) is 5.70. The Kier molecular flexibility index (Phi) is 6.25. The summed E-state index contributed by atoms with van der Waals surface area (Å²) in [6, 6.07) is 0. The highest BCUT2D eigenvalue weighted by atomic mass is 16.1. The van der Waals surface area contributed by atoms with E-state index in [9.17, 15) is 4.79 Å². The van der Waals surface area contributed by atoms with Crippen LogP contribution in [0.1, 0.15) is 19.3 Å². The molecular formula is C11H20N4O. The maximum absolute atomic E-state index is 11.3. The predicted molar refractivity (Wildman–Crippen MR) is 63.0 cm³/mol. The fourth-order valence-electron chi connectivity index (χ4n) is 1.42. The summed E-state index contributed by atoms with van der Waals surface area (Å²) < 4.78 is 2.01. The molecule has 0 bridgehead atoms. The van der Waals surface area contributed by atoms with Crippen molar-refractivity contribution in [1.29, 1.82) is 0 Å². The Hall–Kier alpha value is -1.36. The second kappa shape index (κ2) is 7.87. The van der Waals surface area contributed by atoms with Crippen LogP contribution in [0, 0.1) is 0 Å². The van der Waals surface area contributed by atoms with Crippen LogP contribution in [0.4, 0.5) is 0 Å². The summed E-state index contributed by atoms with van der Waals surface area (Å²) in [6.45, 7) is 2.52. The first-order chi connectivity index (χ1) is 7.83. The summed E-state index contributed by atoms with van der Waals surface area (Å²) in [7, 11) is 1.89. The predicted octanol–water partition coefficient (Wildman–Crippen LogP) is 0.389. The standard InChI is InChI=1S/C11H20N4O/c1-12-5-2-4-11(16)14-6-3-8-15-9-7-13-10-15/h7,9-10,12H,2-6,8H2,1H3,(H,14,16). The van der Waals surface area contributed by atoms with Crippen molar-refractivity contribution >= 4 is 5.91 Å². The highest BCUT2D eigenvalue weighted by Gasteiger charge is 1.99. The molecule has 0 spiro atoms. The Labute approximate surface area is 96.3 Å². The van der Waals surface area contributed by atoms with Crippen LogP contribution in [0.25, 0.3) is 0 Å². The summed E-state index contributed by atoms with van der Waals surface area (Å²) in [5.41, 5.74) is 0. The number of aryl methyl sites for hydroxylation is 1. The van der Waals surface area contributed by atoms with Crippen molar-refractivity contribution in [3.05, 3.63) is 18.7 Å².